The number of carbonyl (C=O) groups is 1. The van der Waals surface area contributed by atoms with Gasteiger partial charge < -0.3 is 5.32 Å². The zero-order chi connectivity index (χ0) is 17.9. The molecule has 0 aliphatic heterocycles. The molecule has 0 unspecified atom stereocenters. The van der Waals surface area contributed by atoms with Crippen LogP contribution >= 0.6 is 23.4 Å². The molecule has 2 rings (SSSR count). The van der Waals surface area contributed by atoms with Gasteiger partial charge in [0.1, 0.15) is 0 Å². The number of carbonyl (C=O) groups excluding carboxylic acids is 1. The van der Waals surface area contributed by atoms with Crippen molar-refractivity contribution in [2.75, 3.05) is 5.75 Å². The van der Waals surface area contributed by atoms with E-state index in [1.807, 2.05) is 31.2 Å². The lowest BCUT2D eigenvalue weighted by molar-refractivity contribution is -0.119. The molecule has 0 bridgehead atoms. The van der Waals surface area contributed by atoms with Crippen LogP contribution in [-0.2, 0) is 4.79 Å². The van der Waals surface area contributed by atoms with Gasteiger partial charge in [-0.25, -0.2) is 0 Å². The highest BCUT2D eigenvalue weighted by molar-refractivity contribution is 8.00. The SMILES string of the molecule is Cc1cc(C)c(C)c(SCC(=O)N[C@H](C)c2cccc(Cl)c2)c1C. The Hall–Kier alpha value is -1.45. The van der Waals surface area contributed by atoms with Crippen LogP contribution in [0.4, 0.5) is 0 Å². The van der Waals surface area contributed by atoms with E-state index < -0.39 is 0 Å². The molecular weight excluding hydrogens is 338 g/mol. The van der Waals surface area contributed by atoms with Crippen molar-refractivity contribution < 1.29 is 4.79 Å². The fourth-order valence-electron chi connectivity index (χ4n) is 2.68. The van der Waals surface area contributed by atoms with E-state index >= 15 is 0 Å². The molecule has 24 heavy (non-hydrogen) atoms. The number of amides is 1. The summed E-state index contributed by atoms with van der Waals surface area (Å²) in [7, 11) is 0. The Bertz CT molecular complexity index is 731. The van der Waals surface area contributed by atoms with Gasteiger partial charge in [0.25, 0.3) is 0 Å². The van der Waals surface area contributed by atoms with Crippen molar-refractivity contribution in [1.82, 2.24) is 5.32 Å². The minimum Gasteiger partial charge on any atom is -0.349 e. The molecule has 2 aromatic rings. The summed E-state index contributed by atoms with van der Waals surface area (Å²) in [5, 5.41) is 3.73. The van der Waals surface area contributed by atoms with Gasteiger partial charge in [-0.2, -0.15) is 0 Å². The third-order valence-electron chi connectivity index (χ3n) is 4.37. The fraction of sp³-hybridized carbons (Fsp3) is 0.350. The Morgan fingerprint density at radius 3 is 2.33 bits per heavy atom. The van der Waals surface area contributed by atoms with Crippen molar-refractivity contribution in [3.8, 4) is 0 Å². The van der Waals surface area contributed by atoms with Gasteiger partial charge in [-0.15, -0.1) is 11.8 Å². The molecule has 1 atom stereocenters. The van der Waals surface area contributed by atoms with Gasteiger partial charge in [0.05, 0.1) is 11.8 Å². The average molecular weight is 362 g/mol. The van der Waals surface area contributed by atoms with Crippen LogP contribution in [0.5, 0.6) is 0 Å². The molecule has 2 aromatic carbocycles. The minimum absolute atomic E-state index is 0.0328. The van der Waals surface area contributed by atoms with E-state index in [4.69, 9.17) is 11.6 Å². The Kier molecular flexibility index (Phi) is 6.36. The molecule has 1 N–H and O–H groups in total. The largest absolute Gasteiger partial charge is 0.349 e. The standard InChI is InChI=1S/C20H24ClNOS/c1-12-9-13(2)15(4)20(14(12)3)24-11-19(23)22-16(5)17-7-6-8-18(21)10-17/h6-10,16H,11H2,1-5H3,(H,22,23)/t16-/m1/s1. The molecule has 0 spiro atoms. The maximum absolute atomic E-state index is 12.3. The summed E-state index contributed by atoms with van der Waals surface area (Å²) in [5.74, 6) is 0.445. The number of thioether (sulfide) groups is 1. The zero-order valence-electron chi connectivity index (χ0n) is 14.9. The Labute approximate surface area is 154 Å². The van der Waals surface area contributed by atoms with Crippen molar-refractivity contribution in [2.24, 2.45) is 0 Å². The summed E-state index contributed by atoms with van der Waals surface area (Å²) in [6, 6.07) is 9.74. The molecule has 0 radical (unpaired) electrons. The first-order valence-corrected chi connectivity index (χ1v) is 9.41. The van der Waals surface area contributed by atoms with Crippen molar-refractivity contribution in [2.45, 2.75) is 45.6 Å². The molecule has 0 aliphatic rings. The maximum Gasteiger partial charge on any atom is 0.230 e. The fourth-order valence-corrected chi connectivity index (χ4v) is 3.99. The first-order chi connectivity index (χ1) is 11.3. The second-order valence-electron chi connectivity index (χ2n) is 6.22. The lowest BCUT2D eigenvalue weighted by atomic mass is 10.0. The van der Waals surface area contributed by atoms with Crippen LogP contribution in [0.3, 0.4) is 0 Å². The van der Waals surface area contributed by atoms with E-state index in [9.17, 15) is 4.79 Å². The van der Waals surface area contributed by atoms with Crippen LogP contribution in [-0.4, -0.2) is 11.7 Å². The Morgan fingerprint density at radius 2 is 1.75 bits per heavy atom. The number of benzene rings is 2. The van der Waals surface area contributed by atoms with Crippen molar-refractivity contribution in [3.63, 3.8) is 0 Å². The van der Waals surface area contributed by atoms with E-state index in [0.717, 1.165) is 5.56 Å². The Morgan fingerprint density at radius 1 is 1.12 bits per heavy atom. The highest BCUT2D eigenvalue weighted by Gasteiger charge is 2.13. The van der Waals surface area contributed by atoms with E-state index in [1.54, 1.807) is 11.8 Å². The quantitative estimate of drug-likeness (QED) is 0.708. The second kappa shape index (κ2) is 8.09. The summed E-state index contributed by atoms with van der Waals surface area (Å²) in [4.78, 5) is 13.5. The van der Waals surface area contributed by atoms with Gasteiger partial charge in [0.15, 0.2) is 0 Å². The topological polar surface area (TPSA) is 29.1 Å². The summed E-state index contributed by atoms with van der Waals surface area (Å²) >= 11 is 7.63. The van der Waals surface area contributed by atoms with E-state index in [0.29, 0.717) is 10.8 Å². The maximum atomic E-state index is 12.3. The molecule has 0 aromatic heterocycles. The van der Waals surface area contributed by atoms with Crippen LogP contribution in [0.15, 0.2) is 35.2 Å². The number of rotatable bonds is 5. The first-order valence-electron chi connectivity index (χ1n) is 8.04. The van der Waals surface area contributed by atoms with Crippen LogP contribution in [0.25, 0.3) is 0 Å². The zero-order valence-corrected chi connectivity index (χ0v) is 16.4. The summed E-state index contributed by atoms with van der Waals surface area (Å²) in [5.41, 5.74) is 6.08. The molecule has 0 fully saturated rings. The van der Waals surface area contributed by atoms with Crippen molar-refractivity contribution >= 4 is 29.3 Å². The van der Waals surface area contributed by atoms with Crippen molar-refractivity contribution in [1.29, 1.82) is 0 Å². The number of hydrogen-bond acceptors (Lipinski definition) is 2. The molecule has 1 amide bonds. The highest BCUT2D eigenvalue weighted by atomic mass is 35.5. The van der Waals surface area contributed by atoms with E-state index in [1.165, 1.54) is 27.1 Å². The number of aryl methyl sites for hydroxylation is 2. The summed E-state index contributed by atoms with van der Waals surface area (Å²) < 4.78 is 0. The lowest BCUT2D eigenvalue weighted by Gasteiger charge is -2.17. The summed E-state index contributed by atoms with van der Waals surface area (Å²) in [6.45, 7) is 10.5. The number of halogens is 1. The highest BCUT2D eigenvalue weighted by Crippen LogP contribution is 2.30. The molecular formula is C20H24ClNOS. The molecule has 0 saturated heterocycles. The van der Waals surface area contributed by atoms with Crippen LogP contribution < -0.4 is 5.32 Å². The van der Waals surface area contributed by atoms with Gasteiger partial charge in [0, 0.05) is 9.92 Å². The van der Waals surface area contributed by atoms with E-state index in [-0.39, 0.29) is 11.9 Å². The third-order valence-corrected chi connectivity index (χ3v) is 5.91. The first kappa shape index (κ1) is 18.9. The van der Waals surface area contributed by atoms with Gasteiger partial charge in [-0.05, 0) is 74.6 Å². The second-order valence-corrected chi connectivity index (χ2v) is 7.64. The minimum atomic E-state index is -0.0572. The predicted molar refractivity (Wildman–Crippen MR) is 104 cm³/mol. The van der Waals surface area contributed by atoms with Gasteiger partial charge in [0.2, 0.25) is 5.91 Å². The number of nitrogens with one attached hydrogen (secondary N) is 1. The number of hydrogen-bond donors (Lipinski definition) is 1. The summed E-state index contributed by atoms with van der Waals surface area (Å²) in [6.07, 6.45) is 0. The molecule has 0 saturated carbocycles. The van der Waals surface area contributed by atoms with Gasteiger partial charge >= 0.3 is 0 Å². The van der Waals surface area contributed by atoms with E-state index in [2.05, 4.69) is 39.1 Å². The predicted octanol–water partition coefficient (Wildman–Crippen LogP) is 5.54. The van der Waals surface area contributed by atoms with Gasteiger partial charge in [-0.3, -0.25) is 4.79 Å². The molecule has 0 heterocycles. The molecule has 2 nitrogen and oxygen atoms in total. The lowest BCUT2D eigenvalue weighted by Crippen LogP contribution is -2.28. The van der Waals surface area contributed by atoms with Crippen LogP contribution in [0, 0.1) is 27.7 Å². The monoisotopic (exact) mass is 361 g/mol. The van der Waals surface area contributed by atoms with Gasteiger partial charge in [-0.1, -0.05) is 29.8 Å². The van der Waals surface area contributed by atoms with Crippen LogP contribution in [0.1, 0.15) is 40.8 Å². The Balaban J connectivity index is 2.01. The third kappa shape index (κ3) is 4.55. The molecule has 4 heteroatoms. The van der Waals surface area contributed by atoms with Crippen molar-refractivity contribution in [3.05, 3.63) is 63.2 Å². The average Bonchev–Trinajstić information content (AvgIpc) is 2.53. The normalized spacial score (nSPS) is 12.1. The smallest absolute Gasteiger partial charge is 0.230 e. The van der Waals surface area contributed by atoms with Crippen LogP contribution in [0.2, 0.25) is 5.02 Å². The molecule has 0 aliphatic carbocycles. The molecule has 128 valence electrons.